The number of hydrogen-bond acceptors (Lipinski definition) is 5. The molecule has 138 valence electrons. The van der Waals surface area contributed by atoms with Crippen LogP contribution in [0.4, 0.5) is 0 Å². The third kappa shape index (κ3) is 3.01. The summed E-state index contributed by atoms with van der Waals surface area (Å²) in [6, 6.07) is 8.88. The molecule has 1 N–H and O–H groups in total. The van der Waals surface area contributed by atoms with Gasteiger partial charge in [0.15, 0.2) is 0 Å². The summed E-state index contributed by atoms with van der Waals surface area (Å²) < 4.78 is 1.64. The number of carbonyl (C=O) groups is 1. The van der Waals surface area contributed by atoms with Crippen LogP contribution in [0.1, 0.15) is 53.7 Å². The molecule has 8 heteroatoms. The van der Waals surface area contributed by atoms with Crippen molar-refractivity contribution in [1.29, 1.82) is 0 Å². The number of carbonyl (C=O) groups excluding carboxylic acids is 1. The smallest absolute Gasteiger partial charge is 0.267 e. The molecule has 0 bridgehead atoms. The highest BCUT2D eigenvalue weighted by molar-refractivity contribution is 5.97. The first-order valence-electron chi connectivity index (χ1n) is 9.38. The fraction of sp³-hybridized carbons (Fsp3) is 0.421. The molecule has 1 aliphatic carbocycles. The van der Waals surface area contributed by atoms with Crippen molar-refractivity contribution in [2.75, 3.05) is 13.1 Å². The minimum atomic E-state index is -0.0549. The van der Waals surface area contributed by atoms with Gasteiger partial charge in [-0.3, -0.25) is 9.59 Å². The van der Waals surface area contributed by atoms with E-state index in [9.17, 15) is 9.59 Å². The van der Waals surface area contributed by atoms with Gasteiger partial charge >= 0.3 is 0 Å². The number of nitrogens with one attached hydrogen (secondary N) is 1. The number of hydrogen-bond donors (Lipinski definition) is 1. The lowest BCUT2D eigenvalue weighted by Gasteiger charge is -2.32. The van der Waals surface area contributed by atoms with Gasteiger partial charge in [0.05, 0.1) is 11.7 Å². The van der Waals surface area contributed by atoms with Crippen LogP contribution in [0.15, 0.2) is 35.1 Å². The van der Waals surface area contributed by atoms with Gasteiger partial charge in [-0.2, -0.15) is 20.5 Å². The fourth-order valence-electron chi connectivity index (χ4n) is 3.77. The van der Waals surface area contributed by atoms with Crippen LogP contribution in [0.3, 0.4) is 0 Å². The van der Waals surface area contributed by atoms with Gasteiger partial charge < -0.3 is 4.90 Å². The average molecular weight is 364 g/mol. The SMILES string of the molecule is O=C(c1ccc2n[nH]nc2c1)N1CCC(n2nc(C3CC3)ccc2=O)CC1. The first-order chi connectivity index (χ1) is 13.2. The highest BCUT2D eigenvalue weighted by Crippen LogP contribution is 2.38. The van der Waals surface area contributed by atoms with Gasteiger partial charge in [-0.15, -0.1) is 0 Å². The third-order valence-electron chi connectivity index (χ3n) is 5.50. The van der Waals surface area contributed by atoms with Gasteiger partial charge in [-0.1, -0.05) is 0 Å². The zero-order chi connectivity index (χ0) is 18.4. The molecule has 0 radical (unpaired) electrons. The molecule has 2 fully saturated rings. The second-order valence-electron chi connectivity index (χ2n) is 7.37. The number of piperidine rings is 1. The first-order valence-corrected chi connectivity index (χ1v) is 9.38. The Bertz CT molecular complexity index is 1060. The molecule has 1 amide bonds. The van der Waals surface area contributed by atoms with E-state index in [1.807, 2.05) is 11.0 Å². The van der Waals surface area contributed by atoms with Crippen molar-refractivity contribution in [3.8, 4) is 0 Å². The Hall–Kier alpha value is -3.03. The molecular formula is C19H20N6O2. The predicted molar refractivity (Wildman–Crippen MR) is 98.5 cm³/mol. The van der Waals surface area contributed by atoms with Crippen LogP contribution in [0, 0.1) is 0 Å². The summed E-state index contributed by atoms with van der Waals surface area (Å²) in [5, 5.41) is 15.2. The normalized spacial score (nSPS) is 18.1. The molecule has 1 saturated heterocycles. The first kappa shape index (κ1) is 16.2. The van der Waals surface area contributed by atoms with E-state index in [4.69, 9.17) is 0 Å². The Morgan fingerprint density at radius 1 is 1.00 bits per heavy atom. The molecule has 5 rings (SSSR count). The predicted octanol–water partition coefficient (Wildman–Crippen LogP) is 1.87. The molecule has 3 heterocycles. The summed E-state index contributed by atoms with van der Waals surface area (Å²) >= 11 is 0. The van der Waals surface area contributed by atoms with Gasteiger partial charge in [0.1, 0.15) is 11.0 Å². The second-order valence-corrected chi connectivity index (χ2v) is 7.37. The molecule has 3 aromatic rings. The van der Waals surface area contributed by atoms with Crippen LogP contribution in [0.25, 0.3) is 11.0 Å². The van der Waals surface area contributed by atoms with E-state index in [1.165, 1.54) is 0 Å². The highest BCUT2D eigenvalue weighted by atomic mass is 16.2. The lowest BCUT2D eigenvalue weighted by Crippen LogP contribution is -2.41. The zero-order valence-electron chi connectivity index (χ0n) is 14.8. The van der Waals surface area contributed by atoms with Gasteiger partial charge in [-0.25, -0.2) is 4.68 Å². The fourth-order valence-corrected chi connectivity index (χ4v) is 3.77. The lowest BCUT2D eigenvalue weighted by atomic mass is 10.0. The number of benzene rings is 1. The summed E-state index contributed by atoms with van der Waals surface area (Å²) in [5.41, 5.74) is 3.00. The molecule has 0 spiro atoms. The van der Waals surface area contributed by atoms with Gasteiger partial charge in [-0.05, 0) is 49.9 Å². The summed E-state index contributed by atoms with van der Waals surface area (Å²) in [7, 11) is 0. The number of amides is 1. The van der Waals surface area contributed by atoms with Crippen LogP contribution >= 0.6 is 0 Å². The molecule has 0 unspecified atom stereocenters. The van der Waals surface area contributed by atoms with E-state index >= 15 is 0 Å². The van der Waals surface area contributed by atoms with E-state index < -0.39 is 0 Å². The van der Waals surface area contributed by atoms with Crippen LogP contribution in [-0.2, 0) is 0 Å². The Balaban J connectivity index is 1.30. The quantitative estimate of drug-likeness (QED) is 0.765. The van der Waals surface area contributed by atoms with E-state index in [0.29, 0.717) is 30.1 Å². The summed E-state index contributed by atoms with van der Waals surface area (Å²) in [6.45, 7) is 1.23. The number of rotatable bonds is 3. The van der Waals surface area contributed by atoms with Crippen molar-refractivity contribution in [1.82, 2.24) is 30.1 Å². The number of fused-ring (bicyclic) bond motifs is 1. The number of aromatic amines is 1. The molecule has 8 nitrogen and oxygen atoms in total. The lowest BCUT2D eigenvalue weighted by molar-refractivity contribution is 0.0688. The molecule has 27 heavy (non-hydrogen) atoms. The molecule has 2 aliphatic rings. The van der Waals surface area contributed by atoms with Gasteiger partial charge in [0, 0.05) is 30.6 Å². The van der Waals surface area contributed by atoms with E-state index in [-0.39, 0.29) is 17.5 Å². The van der Waals surface area contributed by atoms with Crippen molar-refractivity contribution in [2.45, 2.75) is 37.6 Å². The number of nitrogens with zero attached hydrogens (tertiary/aromatic N) is 5. The van der Waals surface area contributed by atoms with Crippen LogP contribution in [0.5, 0.6) is 0 Å². The number of H-pyrrole nitrogens is 1. The Kier molecular flexibility index (Phi) is 3.77. The maximum atomic E-state index is 12.8. The molecule has 2 aromatic heterocycles. The van der Waals surface area contributed by atoms with Crippen LogP contribution in [0.2, 0.25) is 0 Å². The van der Waals surface area contributed by atoms with Crippen molar-refractivity contribution in [3.63, 3.8) is 0 Å². The van der Waals surface area contributed by atoms with Gasteiger partial charge in [0.2, 0.25) is 0 Å². The number of aromatic nitrogens is 5. The Morgan fingerprint density at radius 2 is 1.78 bits per heavy atom. The van der Waals surface area contributed by atoms with Crippen molar-refractivity contribution in [3.05, 3.63) is 51.9 Å². The minimum Gasteiger partial charge on any atom is -0.338 e. The third-order valence-corrected chi connectivity index (χ3v) is 5.50. The Labute approximate surface area is 155 Å². The molecule has 0 atom stereocenters. The molecule has 1 saturated carbocycles. The topological polar surface area (TPSA) is 96.8 Å². The van der Waals surface area contributed by atoms with Crippen molar-refractivity contribution in [2.24, 2.45) is 0 Å². The maximum Gasteiger partial charge on any atom is 0.267 e. The average Bonchev–Trinajstić information content (AvgIpc) is 3.45. The summed E-state index contributed by atoms with van der Waals surface area (Å²) in [6.07, 6.45) is 3.79. The maximum absolute atomic E-state index is 12.8. The monoisotopic (exact) mass is 364 g/mol. The minimum absolute atomic E-state index is 0.00890. The van der Waals surface area contributed by atoms with Crippen molar-refractivity contribution < 1.29 is 4.79 Å². The molecule has 1 aromatic carbocycles. The van der Waals surface area contributed by atoms with E-state index in [0.717, 1.165) is 36.9 Å². The molecule has 1 aliphatic heterocycles. The largest absolute Gasteiger partial charge is 0.338 e. The van der Waals surface area contributed by atoms with Gasteiger partial charge in [0.25, 0.3) is 11.5 Å². The molecular weight excluding hydrogens is 344 g/mol. The van der Waals surface area contributed by atoms with Crippen LogP contribution in [-0.4, -0.2) is 49.1 Å². The summed E-state index contributed by atoms with van der Waals surface area (Å²) in [4.78, 5) is 26.9. The number of likely N-dealkylation sites (tertiary alicyclic amines) is 1. The standard InChI is InChI=1S/C19H20N6O2/c26-18-6-5-15(12-1-2-12)22-25(18)14-7-9-24(10-8-14)19(27)13-3-4-16-17(11-13)21-23-20-16/h3-6,11-12,14H,1-2,7-10H2,(H,20,21,23). The van der Waals surface area contributed by atoms with Crippen molar-refractivity contribution >= 4 is 16.9 Å². The van der Waals surface area contributed by atoms with E-state index in [2.05, 4.69) is 20.5 Å². The van der Waals surface area contributed by atoms with Crippen LogP contribution < -0.4 is 5.56 Å². The highest BCUT2D eigenvalue weighted by Gasteiger charge is 2.29. The summed E-state index contributed by atoms with van der Waals surface area (Å²) in [5.74, 6) is 0.510. The second kappa shape index (κ2) is 6.29. The zero-order valence-corrected chi connectivity index (χ0v) is 14.8. The van der Waals surface area contributed by atoms with E-state index in [1.54, 1.807) is 28.9 Å². The Morgan fingerprint density at radius 3 is 2.56 bits per heavy atom.